The molecule has 382 valence electrons. The van der Waals surface area contributed by atoms with Crippen LogP contribution in [0.5, 0.6) is 0 Å². The quantitative estimate of drug-likeness (QED) is 0.0267. The van der Waals surface area contributed by atoms with Gasteiger partial charge in [-0.25, -0.2) is 0 Å². The number of rotatable bonds is 46. The van der Waals surface area contributed by atoms with Gasteiger partial charge >= 0.3 is 5.97 Å². The number of allylic oxidation sites excluding steroid dienone is 12. The Morgan fingerprint density at radius 1 is 0.500 bits per heavy atom. The minimum absolute atomic E-state index is 0.119. The van der Waals surface area contributed by atoms with Gasteiger partial charge in [0.15, 0.2) is 6.29 Å². The van der Waals surface area contributed by atoms with Crippen molar-refractivity contribution in [1.82, 2.24) is 0 Å². The first-order valence-corrected chi connectivity index (χ1v) is 27.0. The molecule has 1 saturated heterocycles. The third-order valence-corrected chi connectivity index (χ3v) is 12.1. The van der Waals surface area contributed by atoms with Crippen molar-refractivity contribution in [3.8, 4) is 0 Å². The Morgan fingerprint density at radius 3 is 1.41 bits per heavy atom. The van der Waals surface area contributed by atoms with Crippen LogP contribution in [0.4, 0.5) is 0 Å². The summed E-state index contributed by atoms with van der Waals surface area (Å²) in [6.45, 7) is 4.44. The molecule has 0 aromatic rings. The maximum absolute atomic E-state index is 12.8. The summed E-state index contributed by atoms with van der Waals surface area (Å²) >= 11 is 0. The van der Waals surface area contributed by atoms with E-state index < -0.39 is 43.4 Å². The molecular formula is C57H100O9. The molecule has 0 saturated carbocycles. The molecule has 0 bridgehead atoms. The molecule has 0 aliphatic carbocycles. The van der Waals surface area contributed by atoms with E-state index in [0.29, 0.717) is 13.0 Å². The van der Waals surface area contributed by atoms with Gasteiger partial charge < -0.3 is 39.4 Å². The van der Waals surface area contributed by atoms with Crippen LogP contribution in [-0.4, -0.2) is 89.6 Å². The molecule has 1 fully saturated rings. The SMILES string of the molecule is CC/C=C\C/C=C\C/C=C\C/C=C\C/C=C\CCCCCCCCCCCCOCC(COC1OC(CO)C(O)C(O)C1O)OC(=O)CCCCCCCCC/C=C\CCCCCCCC. The summed E-state index contributed by atoms with van der Waals surface area (Å²) in [5.41, 5.74) is 0. The highest BCUT2D eigenvalue weighted by molar-refractivity contribution is 5.69. The van der Waals surface area contributed by atoms with E-state index in [0.717, 1.165) is 64.2 Å². The number of ether oxygens (including phenoxy) is 4. The van der Waals surface area contributed by atoms with E-state index >= 15 is 0 Å². The maximum Gasteiger partial charge on any atom is 0.306 e. The number of hydrogen-bond acceptors (Lipinski definition) is 9. The van der Waals surface area contributed by atoms with Crippen molar-refractivity contribution in [2.75, 3.05) is 26.4 Å². The van der Waals surface area contributed by atoms with Gasteiger partial charge in [-0.1, -0.05) is 202 Å². The second-order valence-corrected chi connectivity index (χ2v) is 18.3. The van der Waals surface area contributed by atoms with Crippen LogP contribution in [0.25, 0.3) is 0 Å². The normalized spacial score (nSPS) is 19.9. The van der Waals surface area contributed by atoms with Crippen LogP contribution >= 0.6 is 0 Å². The standard InChI is InChI=1S/C57H100O9/c1-3-5-7-9-11-13-15-17-19-21-22-23-24-25-26-27-28-29-31-33-35-37-39-41-43-45-47-63-49-51(50-64-57-56(62)55(61)54(60)52(48-58)66-57)65-53(59)46-44-42-40-38-36-34-32-30-20-18-16-14-12-10-8-6-4-2/h5,7,11,13,17-20,22-23,25-26,51-52,54-58,60-62H,3-4,6,8-10,12,14-16,21,24,27-50H2,1-2H3/b7-5-,13-11-,19-17-,20-18-,23-22-,26-25-. The van der Waals surface area contributed by atoms with Crippen molar-refractivity contribution in [1.29, 1.82) is 0 Å². The van der Waals surface area contributed by atoms with E-state index in [4.69, 9.17) is 18.9 Å². The zero-order chi connectivity index (χ0) is 47.8. The molecule has 1 heterocycles. The zero-order valence-electron chi connectivity index (χ0n) is 42.2. The Morgan fingerprint density at radius 2 is 0.924 bits per heavy atom. The lowest BCUT2D eigenvalue weighted by Crippen LogP contribution is -2.59. The Bertz CT molecular complexity index is 1240. The molecule has 0 amide bonds. The number of hydrogen-bond donors (Lipinski definition) is 4. The molecule has 0 aromatic heterocycles. The number of carbonyl (C=O) groups excluding carboxylic acids is 1. The fourth-order valence-corrected chi connectivity index (χ4v) is 7.93. The first kappa shape index (κ1) is 61.6. The number of unbranched alkanes of at least 4 members (excludes halogenated alkanes) is 23. The minimum Gasteiger partial charge on any atom is -0.457 e. The summed E-state index contributed by atoms with van der Waals surface area (Å²) < 4.78 is 22.9. The highest BCUT2D eigenvalue weighted by Gasteiger charge is 2.44. The fourth-order valence-electron chi connectivity index (χ4n) is 7.93. The van der Waals surface area contributed by atoms with Crippen molar-refractivity contribution in [3.05, 3.63) is 72.9 Å². The van der Waals surface area contributed by atoms with Gasteiger partial charge in [0.05, 0.1) is 19.8 Å². The van der Waals surface area contributed by atoms with Crippen molar-refractivity contribution < 1.29 is 44.2 Å². The molecule has 6 atom stereocenters. The molecule has 4 N–H and O–H groups in total. The average molecular weight is 929 g/mol. The topological polar surface area (TPSA) is 135 Å². The van der Waals surface area contributed by atoms with Crippen molar-refractivity contribution in [2.24, 2.45) is 0 Å². The van der Waals surface area contributed by atoms with Crippen LogP contribution in [0.2, 0.25) is 0 Å². The van der Waals surface area contributed by atoms with E-state index in [1.165, 1.54) is 135 Å². The van der Waals surface area contributed by atoms with E-state index in [2.05, 4.69) is 86.8 Å². The van der Waals surface area contributed by atoms with Crippen molar-refractivity contribution in [3.63, 3.8) is 0 Å². The molecule has 1 rings (SSSR count). The lowest BCUT2D eigenvalue weighted by molar-refractivity contribution is -0.305. The molecule has 9 nitrogen and oxygen atoms in total. The van der Waals surface area contributed by atoms with Gasteiger partial charge in [-0.2, -0.15) is 0 Å². The van der Waals surface area contributed by atoms with Crippen LogP contribution in [0.1, 0.15) is 219 Å². The number of aliphatic hydroxyl groups is 4. The van der Waals surface area contributed by atoms with Crippen LogP contribution in [-0.2, 0) is 23.7 Å². The van der Waals surface area contributed by atoms with E-state index in [-0.39, 0.29) is 19.2 Å². The smallest absolute Gasteiger partial charge is 0.306 e. The number of aliphatic hydroxyl groups excluding tert-OH is 4. The summed E-state index contributed by atoms with van der Waals surface area (Å²) in [4.78, 5) is 12.8. The first-order valence-electron chi connectivity index (χ1n) is 27.0. The molecule has 66 heavy (non-hydrogen) atoms. The first-order chi connectivity index (χ1) is 32.4. The zero-order valence-corrected chi connectivity index (χ0v) is 42.2. The van der Waals surface area contributed by atoms with Gasteiger partial charge in [0.1, 0.15) is 30.5 Å². The Kier molecular flexibility index (Phi) is 44.5. The molecular weight excluding hydrogens is 829 g/mol. The van der Waals surface area contributed by atoms with Gasteiger partial charge in [-0.3, -0.25) is 4.79 Å². The molecule has 0 spiro atoms. The minimum atomic E-state index is -1.54. The third kappa shape index (κ3) is 37.6. The van der Waals surface area contributed by atoms with Gasteiger partial charge in [0, 0.05) is 13.0 Å². The van der Waals surface area contributed by atoms with Crippen molar-refractivity contribution in [2.45, 2.75) is 256 Å². The van der Waals surface area contributed by atoms with Crippen LogP contribution in [0.15, 0.2) is 72.9 Å². The van der Waals surface area contributed by atoms with Gasteiger partial charge in [-0.15, -0.1) is 0 Å². The van der Waals surface area contributed by atoms with Gasteiger partial charge in [0.2, 0.25) is 0 Å². The monoisotopic (exact) mass is 929 g/mol. The summed E-state index contributed by atoms with van der Waals surface area (Å²) in [6, 6.07) is 0. The average Bonchev–Trinajstić information content (AvgIpc) is 3.32. The van der Waals surface area contributed by atoms with E-state index in [9.17, 15) is 25.2 Å². The van der Waals surface area contributed by atoms with Gasteiger partial charge in [-0.05, 0) is 83.5 Å². The lowest BCUT2D eigenvalue weighted by atomic mass is 9.99. The van der Waals surface area contributed by atoms with Gasteiger partial charge in [0.25, 0.3) is 0 Å². The Hall–Kier alpha value is -2.37. The Balaban J connectivity index is 2.18. The molecule has 9 heteroatoms. The largest absolute Gasteiger partial charge is 0.457 e. The Labute approximate surface area is 404 Å². The maximum atomic E-state index is 12.8. The van der Waals surface area contributed by atoms with Crippen LogP contribution in [0.3, 0.4) is 0 Å². The molecule has 6 unspecified atom stereocenters. The summed E-state index contributed by atoms with van der Waals surface area (Å²) in [5.74, 6) is -0.320. The molecule has 0 aromatic carbocycles. The second-order valence-electron chi connectivity index (χ2n) is 18.3. The summed E-state index contributed by atoms with van der Waals surface area (Å²) in [6.07, 6.45) is 56.5. The highest BCUT2D eigenvalue weighted by atomic mass is 16.7. The second kappa shape index (κ2) is 47.7. The predicted octanol–water partition coefficient (Wildman–Crippen LogP) is 13.6. The lowest BCUT2D eigenvalue weighted by Gasteiger charge is -2.39. The predicted molar refractivity (Wildman–Crippen MR) is 274 cm³/mol. The molecule has 1 aliphatic heterocycles. The number of esters is 1. The highest BCUT2D eigenvalue weighted by Crippen LogP contribution is 2.23. The van der Waals surface area contributed by atoms with E-state index in [1.54, 1.807) is 0 Å². The fraction of sp³-hybridized carbons (Fsp3) is 0.772. The molecule has 1 aliphatic rings. The van der Waals surface area contributed by atoms with Crippen LogP contribution in [0, 0.1) is 0 Å². The van der Waals surface area contributed by atoms with E-state index in [1.807, 2.05) is 0 Å². The molecule has 0 radical (unpaired) electrons. The van der Waals surface area contributed by atoms with Crippen molar-refractivity contribution >= 4 is 5.97 Å². The summed E-state index contributed by atoms with van der Waals surface area (Å²) in [5, 5.41) is 40.3. The number of carbonyl (C=O) groups is 1. The van der Waals surface area contributed by atoms with Crippen LogP contribution < -0.4 is 0 Å². The third-order valence-electron chi connectivity index (χ3n) is 12.1. The summed E-state index contributed by atoms with van der Waals surface area (Å²) in [7, 11) is 0.